The number of hydrogen-bond donors (Lipinski definition) is 2. The fourth-order valence-corrected chi connectivity index (χ4v) is 3.06. The second-order valence-electron chi connectivity index (χ2n) is 5.15. The normalized spacial score (nSPS) is 10.2. The standard InChI is InChI=1S/C19H10BrClFNO2/c20-13-9-14(18(24)15(21)10-13)19(25)23-17-8-12(6-7-16(17)22)11-4-2-1-3-5-11/h2,4-10,24H,(H,23,25). The highest BCUT2D eigenvalue weighted by Crippen LogP contribution is 2.32. The van der Waals surface area contributed by atoms with Crippen LogP contribution in [0.15, 0.2) is 53.0 Å². The molecule has 0 aliphatic rings. The van der Waals surface area contributed by atoms with E-state index in [1.807, 2.05) is 0 Å². The molecule has 25 heavy (non-hydrogen) atoms. The summed E-state index contributed by atoms with van der Waals surface area (Å²) in [6.45, 7) is 0. The van der Waals surface area contributed by atoms with Crippen LogP contribution >= 0.6 is 27.5 Å². The van der Waals surface area contributed by atoms with E-state index in [4.69, 9.17) is 11.6 Å². The molecule has 3 rings (SSSR count). The topological polar surface area (TPSA) is 49.3 Å². The van der Waals surface area contributed by atoms with Gasteiger partial charge in [-0.1, -0.05) is 45.7 Å². The first-order chi connectivity index (χ1) is 12.0. The van der Waals surface area contributed by atoms with Crippen LogP contribution in [-0.4, -0.2) is 11.0 Å². The van der Waals surface area contributed by atoms with Crippen molar-refractivity contribution in [1.82, 2.24) is 0 Å². The maximum Gasteiger partial charge on any atom is 0.259 e. The van der Waals surface area contributed by atoms with Crippen LogP contribution in [0.25, 0.3) is 11.1 Å². The van der Waals surface area contributed by atoms with Crippen molar-refractivity contribution in [3.05, 3.63) is 81.5 Å². The third-order valence-electron chi connectivity index (χ3n) is 3.48. The maximum atomic E-state index is 14.1. The molecule has 0 radical (unpaired) electrons. The van der Waals surface area contributed by atoms with Crippen LogP contribution in [0.1, 0.15) is 10.4 Å². The smallest absolute Gasteiger partial charge is 0.259 e. The lowest BCUT2D eigenvalue weighted by Gasteiger charge is -2.11. The van der Waals surface area contributed by atoms with Gasteiger partial charge in [-0.2, -0.15) is 0 Å². The number of carbonyl (C=O) groups is 1. The monoisotopic (exact) mass is 417 g/mol. The zero-order valence-corrected chi connectivity index (χ0v) is 15.0. The lowest BCUT2D eigenvalue weighted by atomic mass is 10.1. The van der Waals surface area contributed by atoms with E-state index in [0.717, 1.165) is 5.56 Å². The molecule has 0 saturated carbocycles. The van der Waals surface area contributed by atoms with Crippen LogP contribution < -0.4 is 5.32 Å². The predicted molar refractivity (Wildman–Crippen MR) is 98.3 cm³/mol. The first-order valence-electron chi connectivity index (χ1n) is 7.13. The quantitative estimate of drug-likeness (QED) is 0.593. The predicted octanol–water partition coefficient (Wildman–Crippen LogP) is 5.47. The molecule has 0 heterocycles. The molecule has 2 N–H and O–H groups in total. The summed E-state index contributed by atoms with van der Waals surface area (Å²) in [4.78, 5) is 12.4. The fraction of sp³-hybridized carbons (Fsp3) is 0. The van der Waals surface area contributed by atoms with E-state index in [-0.39, 0.29) is 22.0 Å². The molecular formula is C19H10BrClFNO2. The van der Waals surface area contributed by atoms with Crippen molar-refractivity contribution in [2.75, 3.05) is 5.32 Å². The molecule has 0 fully saturated rings. The average Bonchev–Trinajstić information content (AvgIpc) is 2.60. The highest BCUT2D eigenvalue weighted by atomic mass is 79.9. The molecule has 6 heteroatoms. The van der Waals surface area contributed by atoms with E-state index < -0.39 is 11.7 Å². The Morgan fingerprint density at radius 3 is 2.68 bits per heavy atom. The van der Waals surface area contributed by atoms with Crippen molar-refractivity contribution in [3.63, 3.8) is 0 Å². The fourth-order valence-electron chi connectivity index (χ4n) is 2.26. The van der Waals surface area contributed by atoms with Gasteiger partial charge in [0, 0.05) is 4.47 Å². The van der Waals surface area contributed by atoms with E-state index in [1.165, 1.54) is 24.3 Å². The number of aromatic hydroxyl groups is 1. The highest BCUT2D eigenvalue weighted by molar-refractivity contribution is 9.10. The number of benzene rings is 2. The van der Waals surface area contributed by atoms with E-state index in [1.54, 1.807) is 24.3 Å². The lowest BCUT2D eigenvalue weighted by Crippen LogP contribution is -2.13. The molecule has 0 unspecified atom stereocenters. The van der Waals surface area contributed by atoms with E-state index in [2.05, 4.69) is 33.4 Å². The van der Waals surface area contributed by atoms with Crippen molar-refractivity contribution in [2.24, 2.45) is 0 Å². The molecule has 1 amide bonds. The second kappa shape index (κ2) is 7.14. The number of halogens is 3. The van der Waals surface area contributed by atoms with Gasteiger partial charge in [0.05, 0.1) is 16.3 Å². The third-order valence-corrected chi connectivity index (χ3v) is 4.22. The number of phenolic OH excluding ortho intramolecular Hbond substituents is 1. The Morgan fingerprint density at radius 2 is 1.96 bits per heavy atom. The number of carbonyl (C=O) groups excluding carboxylic acids is 1. The Labute approximate surface area is 157 Å². The Bertz CT molecular complexity index is 948. The first-order valence-corrected chi connectivity index (χ1v) is 8.30. The average molecular weight is 419 g/mol. The molecule has 0 aliphatic heterocycles. The Morgan fingerprint density at radius 1 is 1.16 bits per heavy atom. The molecule has 3 aromatic carbocycles. The van der Waals surface area contributed by atoms with Crippen molar-refractivity contribution in [3.8, 4) is 16.9 Å². The van der Waals surface area contributed by atoms with E-state index in [9.17, 15) is 14.3 Å². The number of nitrogens with one attached hydrogen (secondary N) is 1. The number of amides is 1. The summed E-state index contributed by atoms with van der Waals surface area (Å²) in [5, 5.41) is 12.4. The minimum Gasteiger partial charge on any atom is -0.506 e. The van der Waals surface area contributed by atoms with E-state index >= 15 is 0 Å². The highest BCUT2D eigenvalue weighted by Gasteiger charge is 2.17. The van der Waals surface area contributed by atoms with Crippen LogP contribution in [-0.2, 0) is 0 Å². The molecule has 0 atom stereocenters. The van der Waals surface area contributed by atoms with Gasteiger partial charge in [-0.25, -0.2) is 4.39 Å². The van der Waals surface area contributed by atoms with Gasteiger partial charge >= 0.3 is 0 Å². The number of hydrogen-bond acceptors (Lipinski definition) is 2. The van der Waals surface area contributed by atoms with Crippen molar-refractivity contribution >= 4 is 39.1 Å². The largest absolute Gasteiger partial charge is 0.506 e. The van der Waals surface area contributed by atoms with Gasteiger partial charge in [0.2, 0.25) is 0 Å². The third kappa shape index (κ3) is 3.76. The van der Waals surface area contributed by atoms with Crippen LogP contribution in [0.5, 0.6) is 5.75 Å². The van der Waals surface area contributed by atoms with Gasteiger partial charge in [-0.05, 0) is 53.6 Å². The molecule has 3 nitrogen and oxygen atoms in total. The SMILES string of the molecule is O=C(Nc1cc(-c2cc#ccc2)ccc1F)c1cc(Br)cc(Cl)c1O. The van der Waals surface area contributed by atoms with Crippen LogP contribution in [0.2, 0.25) is 5.02 Å². The second-order valence-corrected chi connectivity index (χ2v) is 6.48. The summed E-state index contributed by atoms with van der Waals surface area (Å²) in [5.41, 5.74) is 1.44. The summed E-state index contributed by atoms with van der Waals surface area (Å²) >= 11 is 9.06. The molecule has 0 spiro atoms. The summed E-state index contributed by atoms with van der Waals surface area (Å²) < 4.78 is 14.6. The first kappa shape index (κ1) is 17.3. The molecule has 0 aromatic heterocycles. The molecule has 0 bridgehead atoms. The Hall–Kier alpha value is -2.55. The van der Waals surface area contributed by atoms with Crippen LogP contribution in [0, 0.1) is 17.9 Å². The minimum absolute atomic E-state index is 0.00849. The molecule has 0 saturated heterocycles. The number of phenols is 1. The molecule has 124 valence electrons. The summed E-state index contributed by atoms with van der Waals surface area (Å²) in [6.07, 6.45) is 0. The molecule has 0 aliphatic carbocycles. The Kier molecular flexibility index (Phi) is 4.93. The zero-order valence-electron chi connectivity index (χ0n) is 12.6. The number of anilines is 1. The summed E-state index contributed by atoms with van der Waals surface area (Å²) in [6, 6.07) is 18.0. The van der Waals surface area contributed by atoms with Crippen molar-refractivity contribution < 1.29 is 14.3 Å². The van der Waals surface area contributed by atoms with E-state index in [0.29, 0.717) is 10.0 Å². The van der Waals surface area contributed by atoms with Gasteiger partial charge in [0.1, 0.15) is 11.6 Å². The van der Waals surface area contributed by atoms with Crippen molar-refractivity contribution in [2.45, 2.75) is 0 Å². The van der Waals surface area contributed by atoms with Gasteiger partial charge in [0.25, 0.3) is 5.91 Å². The minimum atomic E-state index is -0.676. The molecule has 3 aromatic rings. The summed E-state index contributed by atoms with van der Waals surface area (Å²) in [5.74, 6) is -1.64. The van der Waals surface area contributed by atoms with Gasteiger partial charge < -0.3 is 10.4 Å². The van der Waals surface area contributed by atoms with Gasteiger partial charge in [-0.15, -0.1) is 0 Å². The zero-order chi connectivity index (χ0) is 18.0. The molecular weight excluding hydrogens is 409 g/mol. The van der Waals surface area contributed by atoms with Gasteiger partial charge in [-0.3, -0.25) is 4.79 Å². The van der Waals surface area contributed by atoms with Crippen LogP contribution in [0.4, 0.5) is 10.1 Å². The van der Waals surface area contributed by atoms with Gasteiger partial charge in [0.15, 0.2) is 0 Å². The van der Waals surface area contributed by atoms with Crippen LogP contribution in [0.3, 0.4) is 0 Å². The Balaban J connectivity index is 1.94. The van der Waals surface area contributed by atoms with Crippen molar-refractivity contribution in [1.29, 1.82) is 0 Å². The lowest BCUT2D eigenvalue weighted by molar-refractivity contribution is 0.102. The maximum absolute atomic E-state index is 14.1. The summed E-state index contributed by atoms with van der Waals surface area (Å²) in [7, 11) is 0. The number of rotatable bonds is 3.